The second kappa shape index (κ2) is 5.63. The molecule has 0 radical (unpaired) electrons. The number of benzene rings is 1. The molecule has 0 spiro atoms. The van der Waals surface area contributed by atoms with Crippen molar-refractivity contribution in [2.75, 3.05) is 50.0 Å². The van der Waals surface area contributed by atoms with Gasteiger partial charge in [-0.2, -0.15) is 4.98 Å². The van der Waals surface area contributed by atoms with Gasteiger partial charge in [-0.3, -0.25) is 0 Å². The number of hydrogen-bond acceptors (Lipinski definition) is 5. The molecule has 0 atom stereocenters. The van der Waals surface area contributed by atoms with Crippen molar-refractivity contribution >= 4 is 22.7 Å². The zero-order valence-corrected chi connectivity index (χ0v) is 12.1. The van der Waals surface area contributed by atoms with Crippen LogP contribution in [0.15, 0.2) is 24.3 Å². The zero-order valence-electron chi connectivity index (χ0n) is 12.1. The number of aromatic nitrogens is 2. The second-order valence-electron chi connectivity index (χ2n) is 5.06. The van der Waals surface area contributed by atoms with Crippen molar-refractivity contribution in [3.63, 3.8) is 0 Å². The van der Waals surface area contributed by atoms with E-state index < -0.39 is 0 Å². The highest BCUT2D eigenvalue weighted by atomic mass is 15.3. The van der Waals surface area contributed by atoms with Gasteiger partial charge in [0.05, 0.1) is 5.52 Å². The van der Waals surface area contributed by atoms with E-state index in [-0.39, 0.29) is 0 Å². The molecule has 0 bridgehead atoms. The van der Waals surface area contributed by atoms with Gasteiger partial charge in [0, 0.05) is 38.6 Å². The molecule has 1 aliphatic heterocycles. The molecule has 1 N–H and O–H groups in total. The van der Waals surface area contributed by atoms with Crippen LogP contribution >= 0.6 is 0 Å². The van der Waals surface area contributed by atoms with Crippen LogP contribution in [0.25, 0.3) is 10.9 Å². The molecule has 2 heterocycles. The lowest BCUT2D eigenvalue weighted by atomic mass is 10.2. The van der Waals surface area contributed by atoms with Gasteiger partial charge in [0.2, 0.25) is 5.95 Å². The average Bonchev–Trinajstić information content (AvgIpc) is 2.54. The number of anilines is 2. The van der Waals surface area contributed by atoms with E-state index in [9.17, 15) is 0 Å². The predicted octanol–water partition coefficient (Wildman–Crippen LogP) is 1.81. The van der Waals surface area contributed by atoms with Gasteiger partial charge in [-0.25, -0.2) is 4.98 Å². The first-order chi connectivity index (χ1) is 9.81. The second-order valence-corrected chi connectivity index (χ2v) is 5.06. The molecule has 3 rings (SSSR count). The van der Waals surface area contributed by atoms with E-state index in [0.29, 0.717) is 5.95 Å². The number of hydrogen-bond donors (Lipinski definition) is 1. The van der Waals surface area contributed by atoms with Crippen molar-refractivity contribution in [1.29, 1.82) is 0 Å². The summed E-state index contributed by atoms with van der Waals surface area (Å²) >= 11 is 0. The van der Waals surface area contributed by atoms with E-state index in [1.165, 1.54) is 0 Å². The van der Waals surface area contributed by atoms with Crippen LogP contribution in [0.3, 0.4) is 0 Å². The third-order valence-electron chi connectivity index (χ3n) is 3.93. The van der Waals surface area contributed by atoms with Crippen LogP contribution in [0.4, 0.5) is 11.8 Å². The molecule has 2 aromatic rings. The molecular weight excluding hydrogens is 250 g/mol. The minimum absolute atomic E-state index is 0.691. The Morgan fingerprint density at radius 2 is 1.85 bits per heavy atom. The summed E-state index contributed by atoms with van der Waals surface area (Å²) in [5.74, 6) is 1.74. The van der Waals surface area contributed by atoms with Crippen LogP contribution in [0.5, 0.6) is 0 Å². The SMILES string of the molecule is CCN1CCN(c2nc(NC)nc3ccccc23)CC1. The van der Waals surface area contributed by atoms with Crippen LogP contribution in [-0.2, 0) is 0 Å². The average molecular weight is 271 g/mol. The molecule has 1 fully saturated rings. The van der Waals surface area contributed by atoms with E-state index in [1.54, 1.807) is 0 Å². The lowest BCUT2D eigenvalue weighted by Gasteiger charge is -2.35. The largest absolute Gasteiger partial charge is 0.357 e. The van der Waals surface area contributed by atoms with Gasteiger partial charge >= 0.3 is 0 Å². The smallest absolute Gasteiger partial charge is 0.224 e. The number of nitrogens with one attached hydrogen (secondary N) is 1. The lowest BCUT2D eigenvalue weighted by molar-refractivity contribution is 0.271. The standard InChI is InChI=1S/C15H21N5/c1-3-19-8-10-20(11-9-19)14-12-6-4-5-7-13(12)17-15(16-2)18-14/h4-7H,3,8-11H2,1-2H3,(H,16,17,18). The first-order valence-electron chi connectivity index (χ1n) is 7.23. The molecule has 5 heteroatoms. The Hall–Kier alpha value is -1.88. The quantitative estimate of drug-likeness (QED) is 0.922. The van der Waals surface area contributed by atoms with E-state index in [0.717, 1.165) is 49.4 Å². The fourth-order valence-electron chi connectivity index (χ4n) is 2.69. The number of nitrogens with zero attached hydrogens (tertiary/aromatic N) is 4. The highest BCUT2D eigenvalue weighted by molar-refractivity contribution is 5.90. The molecule has 0 unspecified atom stereocenters. The summed E-state index contributed by atoms with van der Waals surface area (Å²) in [6.07, 6.45) is 0. The van der Waals surface area contributed by atoms with Crippen molar-refractivity contribution in [1.82, 2.24) is 14.9 Å². The van der Waals surface area contributed by atoms with Crippen molar-refractivity contribution < 1.29 is 0 Å². The van der Waals surface area contributed by atoms with Gasteiger partial charge in [-0.05, 0) is 18.7 Å². The Bertz CT molecular complexity index is 590. The fourth-order valence-corrected chi connectivity index (χ4v) is 2.69. The number of piperazine rings is 1. The molecule has 1 saturated heterocycles. The molecule has 20 heavy (non-hydrogen) atoms. The first kappa shape index (κ1) is 13.1. The number of para-hydroxylation sites is 1. The lowest BCUT2D eigenvalue weighted by Crippen LogP contribution is -2.46. The van der Waals surface area contributed by atoms with Crippen molar-refractivity contribution in [3.8, 4) is 0 Å². The summed E-state index contributed by atoms with van der Waals surface area (Å²) in [6, 6.07) is 8.23. The van der Waals surface area contributed by atoms with Crippen LogP contribution in [0.2, 0.25) is 0 Å². The molecule has 0 saturated carbocycles. The van der Waals surface area contributed by atoms with Crippen molar-refractivity contribution in [2.45, 2.75) is 6.92 Å². The summed E-state index contributed by atoms with van der Waals surface area (Å²) in [6.45, 7) is 7.60. The van der Waals surface area contributed by atoms with Crippen LogP contribution < -0.4 is 10.2 Å². The Labute approximate surface area is 119 Å². The number of rotatable bonds is 3. The van der Waals surface area contributed by atoms with Gasteiger partial charge in [-0.15, -0.1) is 0 Å². The summed E-state index contributed by atoms with van der Waals surface area (Å²) < 4.78 is 0. The van der Waals surface area contributed by atoms with Gasteiger partial charge in [-0.1, -0.05) is 19.1 Å². The van der Waals surface area contributed by atoms with E-state index in [2.05, 4.69) is 44.1 Å². The number of fused-ring (bicyclic) bond motifs is 1. The van der Waals surface area contributed by atoms with Crippen molar-refractivity contribution in [2.24, 2.45) is 0 Å². The molecule has 1 aromatic carbocycles. The topological polar surface area (TPSA) is 44.3 Å². The highest BCUT2D eigenvalue weighted by Crippen LogP contribution is 2.25. The third kappa shape index (κ3) is 2.41. The Kier molecular flexibility index (Phi) is 3.69. The molecule has 0 amide bonds. The summed E-state index contributed by atoms with van der Waals surface area (Å²) in [5, 5.41) is 4.19. The molecule has 106 valence electrons. The van der Waals surface area contributed by atoms with Gasteiger partial charge in [0.1, 0.15) is 5.82 Å². The van der Waals surface area contributed by atoms with Crippen LogP contribution in [-0.4, -0.2) is 54.6 Å². The van der Waals surface area contributed by atoms with Crippen LogP contribution in [0, 0.1) is 0 Å². The maximum absolute atomic E-state index is 4.68. The highest BCUT2D eigenvalue weighted by Gasteiger charge is 2.19. The predicted molar refractivity (Wildman–Crippen MR) is 83.4 cm³/mol. The van der Waals surface area contributed by atoms with Gasteiger partial charge < -0.3 is 15.1 Å². The summed E-state index contributed by atoms with van der Waals surface area (Å²) in [5.41, 5.74) is 1.000. The maximum Gasteiger partial charge on any atom is 0.224 e. The first-order valence-corrected chi connectivity index (χ1v) is 7.23. The van der Waals surface area contributed by atoms with E-state index in [1.807, 2.05) is 19.2 Å². The molecular formula is C15H21N5. The normalized spacial score (nSPS) is 16.6. The maximum atomic E-state index is 4.68. The molecule has 1 aromatic heterocycles. The van der Waals surface area contributed by atoms with E-state index in [4.69, 9.17) is 0 Å². The van der Waals surface area contributed by atoms with E-state index >= 15 is 0 Å². The Morgan fingerprint density at radius 3 is 2.55 bits per heavy atom. The van der Waals surface area contributed by atoms with Gasteiger partial charge in [0.25, 0.3) is 0 Å². The third-order valence-corrected chi connectivity index (χ3v) is 3.93. The molecule has 0 aliphatic carbocycles. The Morgan fingerprint density at radius 1 is 1.10 bits per heavy atom. The molecule has 5 nitrogen and oxygen atoms in total. The van der Waals surface area contributed by atoms with Gasteiger partial charge in [0.15, 0.2) is 0 Å². The summed E-state index contributed by atoms with van der Waals surface area (Å²) in [7, 11) is 1.86. The monoisotopic (exact) mass is 271 g/mol. The van der Waals surface area contributed by atoms with Crippen molar-refractivity contribution in [3.05, 3.63) is 24.3 Å². The Balaban J connectivity index is 1.98. The molecule has 1 aliphatic rings. The zero-order chi connectivity index (χ0) is 13.9. The fraction of sp³-hybridized carbons (Fsp3) is 0.467. The van der Waals surface area contributed by atoms with Crippen LogP contribution in [0.1, 0.15) is 6.92 Å². The summed E-state index contributed by atoms with van der Waals surface area (Å²) in [4.78, 5) is 14.0. The minimum Gasteiger partial charge on any atom is -0.357 e. The minimum atomic E-state index is 0.691. The number of likely N-dealkylation sites (N-methyl/N-ethyl adjacent to an activating group) is 1.